The fourth-order valence-electron chi connectivity index (χ4n) is 0.876. The largest absolute Gasteiger partial charge is 0.379 e. The van der Waals surface area contributed by atoms with Crippen LogP contribution in [0.1, 0.15) is 0 Å². The lowest BCUT2D eigenvalue weighted by Gasteiger charge is -2.08. The second-order valence-corrected chi connectivity index (χ2v) is 4.58. The van der Waals surface area contributed by atoms with E-state index in [1.54, 1.807) is 12.1 Å². The molecule has 0 radical (unpaired) electrons. The molecule has 1 aromatic rings. The van der Waals surface area contributed by atoms with Crippen molar-refractivity contribution in [2.24, 2.45) is 0 Å². The van der Waals surface area contributed by atoms with E-state index in [1.807, 2.05) is 0 Å². The summed E-state index contributed by atoms with van der Waals surface area (Å²) < 4.78 is 0. The minimum Gasteiger partial charge on any atom is -0.379 e. The SMILES string of the molecule is ClC=C(Cl)CNc1cc(Cl)c(Cl)cc1Cl. The Kier molecular flexibility index (Phi) is 5.37. The van der Waals surface area contributed by atoms with Crippen LogP contribution in [0.3, 0.4) is 0 Å². The summed E-state index contributed by atoms with van der Waals surface area (Å²) in [6, 6.07) is 3.19. The molecule has 1 aromatic carbocycles. The predicted octanol–water partition coefficient (Wildman–Crippen LogP) is 5.38. The first kappa shape index (κ1) is 13.3. The number of hydrogen-bond donors (Lipinski definition) is 1. The molecule has 0 aliphatic rings. The van der Waals surface area contributed by atoms with Gasteiger partial charge in [-0.15, -0.1) is 0 Å². The van der Waals surface area contributed by atoms with Crippen LogP contribution in [0.5, 0.6) is 0 Å². The molecule has 0 bridgehead atoms. The maximum atomic E-state index is 5.93. The molecule has 1 rings (SSSR count). The minimum absolute atomic E-state index is 0.378. The average molecular weight is 305 g/mol. The predicted molar refractivity (Wildman–Crippen MR) is 69.8 cm³/mol. The van der Waals surface area contributed by atoms with E-state index < -0.39 is 0 Å². The Morgan fingerprint density at radius 2 is 1.73 bits per heavy atom. The zero-order chi connectivity index (χ0) is 11.4. The van der Waals surface area contributed by atoms with Gasteiger partial charge in [-0.3, -0.25) is 0 Å². The number of rotatable bonds is 3. The zero-order valence-electron chi connectivity index (χ0n) is 7.33. The van der Waals surface area contributed by atoms with Crippen LogP contribution in [0.15, 0.2) is 22.7 Å². The summed E-state index contributed by atoms with van der Waals surface area (Å²) in [5.41, 5.74) is 1.93. The lowest BCUT2D eigenvalue weighted by Crippen LogP contribution is -2.01. The third-order valence-electron chi connectivity index (χ3n) is 1.58. The first-order chi connectivity index (χ1) is 7.04. The molecule has 0 heterocycles. The Hall–Kier alpha value is 0.210. The van der Waals surface area contributed by atoms with Crippen LogP contribution in [0.4, 0.5) is 5.69 Å². The van der Waals surface area contributed by atoms with Gasteiger partial charge in [-0.25, -0.2) is 0 Å². The molecule has 1 nitrogen and oxygen atoms in total. The molecule has 1 N–H and O–H groups in total. The summed E-state index contributed by atoms with van der Waals surface area (Å²) in [5.74, 6) is 0. The van der Waals surface area contributed by atoms with E-state index in [-0.39, 0.29) is 0 Å². The molecule has 0 saturated heterocycles. The fourth-order valence-corrected chi connectivity index (χ4v) is 1.63. The van der Waals surface area contributed by atoms with Crippen LogP contribution in [-0.4, -0.2) is 6.54 Å². The monoisotopic (exact) mass is 303 g/mol. The second-order valence-electron chi connectivity index (χ2n) is 2.66. The van der Waals surface area contributed by atoms with Crippen molar-refractivity contribution in [3.63, 3.8) is 0 Å². The molecule has 15 heavy (non-hydrogen) atoms. The van der Waals surface area contributed by atoms with Crippen molar-refractivity contribution >= 4 is 63.7 Å². The Balaban J connectivity index is 2.82. The van der Waals surface area contributed by atoms with Gasteiger partial charge in [0.25, 0.3) is 0 Å². The summed E-state index contributed by atoms with van der Waals surface area (Å²) in [6.07, 6.45) is 0. The van der Waals surface area contributed by atoms with Gasteiger partial charge < -0.3 is 5.32 Å². The molecular formula is C9H6Cl5N. The van der Waals surface area contributed by atoms with Crippen molar-refractivity contribution in [1.29, 1.82) is 0 Å². The van der Waals surface area contributed by atoms with Crippen molar-refractivity contribution in [2.45, 2.75) is 0 Å². The van der Waals surface area contributed by atoms with Gasteiger partial charge in [-0.1, -0.05) is 58.0 Å². The third kappa shape index (κ3) is 3.93. The van der Waals surface area contributed by atoms with Crippen molar-refractivity contribution in [1.82, 2.24) is 0 Å². The molecule has 6 heteroatoms. The summed E-state index contributed by atoms with van der Waals surface area (Å²) in [7, 11) is 0. The van der Waals surface area contributed by atoms with Gasteiger partial charge in [0, 0.05) is 10.6 Å². The molecule has 0 saturated carbocycles. The lowest BCUT2D eigenvalue weighted by molar-refractivity contribution is 1.31. The Morgan fingerprint density at radius 1 is 1.13 bits per heavy atom. The van der Waals surface area contributed by atoms with E-state index in [4.69, 9.17) is 58.0 Å². The van der Waals surface area contributed by atoms with E-state index in [1.165, 1.54) is 5.54 Å². The van der Waals surface area contributed by atoms with Crippen molar-refractivity contribution < 1.29 is 0 Å². The van der Waals surface area contributed by atoms with Crippen molar-refractivity contribution in [3.05, 3.63) is 37.8 Å². The fraction of sp³-hybridized carbons (Fsp3) is 0.111. The van der Waals surface area contributed by atoms with Gasteiger partial charge >= 0.3 is 0 Å². The van der Waals surface area contributed by atoms with Gasteiger partial charge in [0.15, 0.2) is 0 Å². The van der Waals surface area contributed by atoms with Crippen LogP contribution in [0.2, 0.25) is 15.1 Å². The maximum absolute atomic E-state index is 5.93. The van der Waals surface area contributed by atoms with E-state index in [9.17, 15) is 0 Å². The summed E-state index contributed by atoms with van der Waals surface area (Å²) >= 11 is 28.6. The highest BCUT2D eigenvalue weighted by Gasteiger charge is 2.05. The molecule has 0 fully saturated rings. The summed E-state index contributed by atoms with van der Waals surface area (Å²) in [4.78, 5) is 0. The highest BCUT2D eigenvalue weighted by molar-refractivity contribution is 6.44. The highest BCUT2D eigenvalue weighted by Crippen LogP contribution is 2.32. The molecule has 0 spiro atoms. The van der Waals surface area contributed by atoms with Crippen LogP contribution in [0, 0.1) is 0 Å². The molecule has 0 atom stereocenters. The van der Waals surface area contributed by atoms with Crippen molar-refractivity contribution in [3.8, 4) is 0 Å². The first-order valence-corrected chi connectivity index (χ1v) is 5.82. The molecule has 0 unspecified atom stereocenters. The van der Waals surface area contributed by atoms with E-state index in [0.717, 1.165) is 0 Å². The smallest absolute Gasteiger partial charge is 0.0653 e. The lowest BCUT2D eigenvalue weighted by atomic mass is 10.3. The standard InChI is InChI=1S/C9H6Cl5N/c10-3-5(11)4-15-9-2-7(13)6(12)1-8(9)14/h1-3,15H,4H2. The topological polar surface area (TPSA) is 12.0 Å². The molecule has 0 aliphatic carbocycles. The van der Waals surface area contributed by atoms with E-state index in [0.29, 0.717) is 32.3 Å². The quantitative estimate of drug-likeness (QED) is 0.739. The first-order valence-electron chi connectivity index (χ1n) is 3.87. The number of anilines is 1. The Morgan fingerprint density at radius 3 is 2.33 bits per heavy atom. The molecule has 0 amide bonds. The summed E-state index contributed by atoms with van der Waals surface area (Å²) in [6.45, 7) is 0.378. The minimum atomic E-state index is 0.378. The molecule has 0 aromatic heterocycles. The zero-order valence-corrected chi connectivity index (χ0v) is 11.1. The van der Waals surface area contributed by atoms with Gasteiger partial charge in [0.05, 0.1) is 27.3 Å². The average Bonchev–Trinajstić information content (AvgIpc) is 2.21. The Bertz CT molecular complexity index is 388. The van der Waals surface area contributed by atoms with Gasteiger partial charge in [0.1, 0.15) is 0 Å². The van der Waals surface area contributed by atoms with E-state index >= 15 is 0 Å². The number of nitrogens with one attached hydrogen (secondary N) is 1. The molecule has 82 valence electrons. The second kappa shape index (κ2) is 6.07. The Labute approximate surface area is 113 Å². The van der Waals surface area contributed by atoms with Gasteiger partial charge in [0.2, 0.25) is 0 Å². The molecular weight excluding hydrogens is 299 g/mol. The number of halogens is 5. The highest BCUT2D eigenvalue weighted by atomic mass is 35.5. The number of benzene rings is 1. The maximum Gasteiger partial charge on any atom is 0.0653 e. The van der Waals surface area contributed by atoms with Crippen LogP contribution in [0.25, 0.3) is 0 Å². The van der Waals surface area contributed by atoms with Crippen LogP contribution < -0.4 is 5.32 Å². The molecule has 0 aliphatic heterocycles. The summed E-state index contributed by atoms with van der Waals surface area (Å²) in [5, 5.41) is 4.75. The third-order valence-corrected chi connectivity index (χ3v) is 3.23. The van der Waals surface area contributed by atoms with Gasteiger partial charge in [-0.2, -0.15) is 0 Å². The van der Waals surface area contributed by atoms with Crippen LogP contribution in [-0.2, 0) is 0 Å². The van der Waals surface area contributed by atoms with Gasteiger partial charge in [-0.05, 0) is 12.1 Å². The van der Waals surface area contributed by atoms with Crippen LogP contribution >= 0.6 is 58.0 Å². The van der Waals surface area contributed by atoms with E-state index in [2.05, 4.69) is 5.32 Å². The number of hydrogen-bond acceptors (Lipinski definition) is 1. The normalized spacial score (nSPS) is 11.7. The van der Waals surface area contributed by atoms with Crippen molar-refractivity contribution in [2.75, 3.05) is 11.9 Å².